The van der Waals surface area contributed by atoms with Gasteiger partial charge in [0.2, 0.25) is 0 Å². The molecule has 0 amide bonds. The van der Waals surface area contributed by atoms with Crippen molar-refractivity contribution in [3.05, 3.63) is 36.1 Å². The molecule has 0 aliphatic carbocycles. The monoisotopic (exact) mass is 265 g/mol. The average molecular weight is 265 g/mol. The van der Waals surface area contributed by atoms with Crippen LogP contribution in [0.3, 0.4) is 0 Å². The number of furan rings is 1. The van der Waals surface area contributed by atoms with E-state index in [1.165, 1.54) is 0 Å². The van der Waals surface area contributed by atoms with Gasteiger partial charge in [0.1, 0.15) is 11.3 Å². The van der Waals surface area contributed by atoms with E-state index in [0.29, 0.717) is 5.75 Å². The summed E-state index contributed by atoms with van der Waals surface area (Å²) in [5, 5.41) is 4.49. The molecule has 0 spiro atoms. The van der Waals surface area contributed by atoms with Crippen LogP contribution in [0.2, 0.25) is 0 Å². The summed E-state index contributed by atoms with van der Waals surface area (Å²) in [6.07, 6.45) is 2.77. The number of hydrogen-bond acceptors (Lipinski definition) is 3. The van der Waals surface area contributed by atoms with Crippen molar-refractivity contribution in [1.29, 1.82) is 0 Å². The Labute approximate surface area is 110 Å². The first kappa shape index (κ1) is 13.3. The molecule has 0 radical (unpaired) electrons. The molecule has 98 valence electrons. The summed E-state index contributed by atoms with van der Waals surface area (Å²) in [6, 6.07) is 10.0. The van der Waals surface area contributed by atoms with E-state index in [1.807, 2.05) is 30.3 Å². The standard InChI is InChI=1S/C14H19NO2S/c1-3-8-15-12(10-18(2)16)14-9-11-6-4-5-7-13(11)17-14/h4-7,9,12,15H,3,8,10H2,1-2H3. The maximum Gasteiger partial charge on any atom is 0.134 e. The van der Waals surface area contributed by atoms with Gasteiger partial charge in [-0.2, -0.15) is 0 Å². The maximum atomic E-state index is 11.4. The topological polar surface area (TPSA) is 42.2 Å². The molecule has 4 heteroatoms. The lowest BCUT2D eigenvalue weighted by Crippen LogP contribution is -2.26. The molecule has 3 nitrogen and oxygen atoms in total. The van der Waals surface area contributed by atoms with Crippen LogP contribution >= 0.6 is 0 Å². The van der Waals surface area contributed by atoms with Gasteiger partial charge in [-0.15, -0.1) is 0 Å². The van der Waals surface area contributed by atoms with Crippen molar-refractivity contribution in [3.8, 4) is 0 Å². The lowest BCUT2D eigenvalue weighted by atomic mass is 10.2. The zero-order valence-electron chi connectivity index (χ0n) is 10.8. The Kier molecular flexibility index (Phi) is 4.55. The highest BCUT2D eigenvalue weighted by Crippen LogP contribution is 2.24. The Bertz CT molecular complexity index is 502. The second-order valence-electron chi connectivity index (χ2n) is 4.43. The molecule has 18 heavy (non-hydrogen) atoms. The molecule has 0 saturated carbocycles. The third-order valence-corrected chi connectivity index (χ3v) is 3.63. The van der Waals surface area contributed by atoms with Crippen molar-refractivity contribution in [2.75, 3.05) is 18.6 Å². The van der Waals surface area contributed by atoms with Gasteiger partial charge in [0.25, 0.3) is 0 Å². The second-order valence-corrected chi connectivity index (χ2v) is 5.91. The largest absolute Gasteiger partial charge is 0.459 e. The fraction of sp³-hybridized carbons (Fsp3) is 0.429. The van der Waals surface area contributed by atoms with Gasteiger partial charge < -0.3 is 9.73 Å². The van der Waals surface area contributed by atoms with Gasteiger partial charge in [0.05, 0.1) is 6.04 Å². The van der Waals surface area contributed by atoms with Crippen molar-refractivity contribution in [3.63, 3.8) is 0 Å². The third kappa shape index (κ3) is 3.21. The molecule has 1 heterocycles. The Hall–Kier alpha value is -1.13. The van der Waals surface area contributed by atoms with E-state index in [9.17, 15) is 4.21 Å². The van der Waals surface area contributed by atoms with E-state index in [1.54, 1.807) is 6.26 Å². The van der Waals surface area contributed by atoms with Crippen molar-refractivity contribution in [2.45, 2.75) is 19.4 Å². The summed E-state index contributed by atoms with van der Waals surface area (Å²) in [7, 11) is -0.844. The van der Waals surface area contributed by atoms with Gasteiger partial charge in [-0.1, -0.05) is 25.1 Å². The molecule has 0 aliphatic heterocycles. The average Bonchev–Trinajstić information content (AvgIpc) is 2.77. The first-order chi connectivity index (χ1) is 8.70. The Morgan fingerprint density at radius 3 is 2.83 bits per heavy atom. The molecule has 0 saturated heterocycles. The lowest BCUT2D eigenvalue weighted by Gasteiger charge is -2.14. The summed E-state index contributed by atoms with van der Waals surface area (Å²) in [4.78, 5) is 0. The van der Waals surface area contributed by atoms with Crippen LogP contribution in [0.4, 0.5) is 0 Å². The molecule has 2 unspecified atom stereocenters. The van der Waals surface area contributed by atoms with Crippen LogP contribution in [0.15, 0.2) is 34.7 Å². The highest BCUT2D eigenvalue weighted by atomic mass is 32.2. The Morgan fingerprint density at radius 1 is 1.39 bits per heavy atom. The first-order valence-corrected chi connectivity index (χ1v) is 7.95. The quantitative estimate of drug-likeness (QED) is 0.873. The van der Waals surface area contributed by atoms with Gasteiger partial charge in [-0.25, -0.2) is 0 Å². The second kappa shape index (κ2) is 6.16. The van der Waals surface area contributed by atoms with E-state index in [4.69, 9.17) is 4.42 Å². The number of rotatable bonds is 6. The normalized spacial score (nSPS) is 14.8. The fourth-order valence-electron chi connectivity index (χ4n) is 1.97. The number of fused-ring (bicyclic) bond motifs is 1. The maximum absolute atomic E-state index is 11.4. The van der Waals surface area contributed by atoms with E-state index in [0.717, 1.165) is 29.7 Å². The molecule has 1 aromatic heterocycles. The van der Waals surface area contributed by atoms with Crippen molar-refractivity contribution >= 4 is 21.8 Å². The fourth-order valence-corrected chi connectivity index (χ4v) is 2.72. The van der Waals surface area contributed by atoms with E-state index < -0.39 is 10.8 Å². The third-order valence-electron chi connectivity index (χ3n) is 2.83. The minimum atomic E-state index is -0.844. The molecule has 1 aromatic carbocycles. The predicted octanol–water partition coefficient (Wildman–Crippen LogP) is 2.85. The first-order valence-electron chi connectivity index (χ1n) is 6.22. The zero-order valence-corrected chi connectivity index (χ0v) is 11.6. The summed E-state index contributed by atoms with van der Waals surface area (Å²) in [5.41, 5.74) is 0.887. The lowest BCUT2D eigenvalue weighted by molar-refractivity contribution is 0.454. The van der Waals surface area contributed by atoms with Crippen molar-refractivity contribution in [1.82, 2.24) is 5.32 Å². The number of nitrogens with one attached hydrogen (secondary N) is 1. The van der Waals surface area contributed by atoms with E-state index >= 15 is 0 Å². The zero-order chi connectivity index (χ0) is 13.0. The number of para-hydroxylation sites is 1. The van der Waals surface area contributed by atoms with E-state index in [2.05, 4.69) is 12.2 Å². The number of benzene rings is 1. The van der Waals surface area contributed by atoms with Gasteiger partial charge in [-0.3, -0.25) is 4.21 Å². The highest BCUT2D eigenvalue weighted by molar-refractivity contribution is 7.84. The molecular weight excluding hydrogens is 246 g/mol. The summed E-state index contributed by atoms with van der Waals surface area (Å²) < 4.78 is 17.3. The minimum Gasteiger partial charge on any atom is -0.459 e. The van der Waals surface area contributed by atoms with Gasteiger partial charge in [0.15, 0.2) is 0 Å². The van der Waals surface area contributed by atoms with Gasteiger partial charge >= 0.3 is 0 Å². The predicted molar refractivity (Wildman–Crippen MR) is 76.2 cm³/mol. The molecule has 2 rings (SSSR count). The molecule has 1 N–H and O–H groups in total. The Morgan fingerprint density at radius 2 is 2.17 bits per heavy atom. The molecular formula is C14H19NO2S. The smallest absolute Gasteiger partial charge is 0.134 e. The van der Waals surface area contributed by atoms with Gasteiger partial charge in [0, 0.05) is 28.2 Å². The van der Waals surface area contributed by atoms with Crippen LogP contribution in [0.25, 0.3) is 11.0 Å². The molecule has 2 atom stereocenters. The molecule has 0 aliphatic rings. The summed E-state index contributed by atoms with van der Waals surface area (Å²) in [5.74, 6) is 1.46. The van der Waals surface area contributed by atoms with Crippen molar-refractivity contribution in [2.24, 2.45) is 0 Å². The Balaban J connectivity index is 2.25. The van der Waals surface area contributed by atoms with Crippen molar-refractivity contribution < 1.29 is 8.63 Å². The van der Waals surface area contributed by atoms with Crippen LogP contribution < -0.4 is 5.32 Å². The molecule has 0 bridgehead atoms. The van der Waals surface area contributed by atoms with Crippen LogP contribution in [0, 0.1) is 0 Å². The van der Waals surface area contributed by atoms with Crippen LogP contribution in [0.5, 0.6) is 0 Å². The SMILES string of the molecule is CCCNC(CS(C)=O)c1cc2ccccc2o1. The summed E-state index contributed by atoms with van der Waals surface area (Å²) >= 11 is 0. The van der Waals surface area contributed by atoms with E-state index in [-0.39, 0.29) is 6.04 Å². The molecule has 0 fully saturated rings. The van der Waals surface area contributed by atoms with Crippen LogP contribution in [-0.2, 0) is 10.8 Å². The minimum absolute atomic E-state index is 0.0307. The van der Waals surface area contributed by atoms with Crippen LogP contribution in [0.1, 0.15) is 25.1 Å². The van der Waals surface area contributed by atoms with Crippen LogP contribution in [-0.4, -0.2) is 22.8 Å². The number of hydrogen-bond donors (Lipinski definition) is 1. The summed E-state index contributed by atoms with van der Waals surface area (Å²) in [6.45, 7) is 3.02. The van der Waals surface area contributed by atoms with Gasteiger partial charge in [-0.05, 0) is 25.1 Å². The highest BCUT2D eigenvalue weighted by Gasteiger charge is 2.16. The molecule has 2 aromatic rings.